The Morgan fingerprint density at radius 3 is 2.62 bits per heavy atom. The van der Waals surface area contributed by atoms with E-state index in [4.69, 9.17) is 5.11 Å². The van der Waals surface area contributed by atoms with Crippen LogP contribution in [0.3, 0.4) is 0 Å². The molecule has 0 aromatic heterocycles. The Kier molecular flexibility index (Phi) is 1.98. The number of aliphatic hydroxyl groups excluding tert-OH is 1. The summed E-state index contributed by atoms with van der Waals surface area (Å²) in [7, 11) is 0. The monoisotopic (exact) mass is 181 g/mol. The zero-order chi connectivity index (χ0) is 9.26. The average Bonchev–Trinajstić information content (AvgIpc) is 2.53. The molecule has 3 nitrogen and oxygen atoms in total. The number of nitrogens with zero attached hydrogens (tertiary/aromatic N) is 1. The van der Waals surface area contributed by atoms with Gasteiger partial charge in [0.2, 0.25) is 6.29 Å². The van der Waals surface area contributed by atoms with Crippen molar-refractivity contribution in [2.75, 3.05) is 0 Å². The molecule has 0 aliphatic carbocycles. The highest BCUT2D eigenvalue weighted by atomic mass is 19.1. The molecule has 1 N–H and O–H groups in total. The first-order chi connectivity index (χ1) is 6.25. The van der Waals surface area contributed by atoms with Crippen LogP contribution in [0.15, 0.2) is 29.4 Å². The van der Waals surface area contributed by atoms with Crippen molar-refractivity contribution in [1.82, 2.24) is 0 Å². The van der Waals surface area contributed by atoms with Crippen LogP contribution in [-0.4, -0.2) is 17.1 Å². The van der Waals surface area contributed by atoms with E-state index in [2.05, 4.69) is 9.99 Å². The Bertz CT molecular complexity index is 334. The van der Waals surface area contributed by atoms with E-state index in [1.807, 2.05) is 0 Å². The van der Waals surface area contributed by atoms with Crippen LogP contribution >= 0.6 is 0 Å². The van der Waals surface area contributed by atoms with Gasteiger partial charge in [-0.05, 0) is 17.7 Å². The number of hydrogen-bond acceptors (Lipinski definition) is 3. The molecule has 2 rings (SSSR count). The largest absolute Gasteiger partial charge is 0.363 e. The molecule has 1 aliphatic heterocycles. The van der Waals surface area contributed by atoms with E-state index in [-0.39, 0.29) is 5.82 Å². The van der Waals surface area contributed by atoms with Crippen LogP contribution in [0.5, 0.6) is 0 Å². The molecule has 1 aromatic rings. The fraction of sp³-hybridized carbons (Fsp3) is 0.222. The molecule has 0 radical (unpaired) electrons. The SMILES string of the molecule is OC1CC(c2ccc(F)cc2)=NO1. The Labute approximate surface area is 74.4 Å². The Morgan fingerprint density at radius 2 is 2.08 bits per heavy atom. The minimum Gasteiger partial charge on any atom is -0.363 e. The smallest absolute Gasteiger partial charge is 0.230 e. The Hall–Kier alpha value is -1.42. The molecule has 1 aromatic carbocycles. The number of halogens is 1. The van der Waals surface area contributed by atoms with Gasteiger partial charge in [0.15, 0.2) is 0 Å². The van der Waals surface area contributed by atoms with Gasteiger partial charge in [-0.15, -0.1) is 0 Å². The van der Waals surface area contributed by atoms with Crippen LogP contribution in [0.25, 0.3) is 0 Å². The molecule has 0 bridgehead atoms. The van der Waals surface area contributed by atoms with E-state index in [0.717, 1.165) is 5.56 Å². The van der Waals surface area contributed by atoms with Gasteiger partial charge in [0.25, 0.3) is 0 Å². The summed E-state index contributed by atoms with van der Waals surface area (Å²) in [5, 5.41) is 12.7. The maximum Gasteiger partial charge on any atom is 0.230 e. The summed E-state index contributed by atoms with van der Waals surface area (Å²) in [6.07, 6.45) is -0.508. The molecule has 1 atom stereocenters. The summed E-state index contributed by atoms with van der Waals surface area (Å²) >= 11 is 0. The van der Waals surface area contributed by atoms with Crippen molar-refractivity contribution < 1.29 is 14.3 Å². The average molecular weight is 181 g/mol. The number of hydrogen-bond donors (Lipinski definition) is 1. The normalized spacial score (nSPS) is 21.1. The summed E-state index contributed by atoms with van der Waals surface area (Å²) < 4.78 is 12.5. The lowest BCUT2D eigenvalue weighted by atomic mass is 10.1. The molecule has 68 valence electrons. The first-order valence-electron chi connectivity index (χ1n) is 3.92. The molecular formula is C9H8FNO2. The molecule has 1 heterocycles. The van der Waals surface area contributed by atoms with Gasteiger partial charge in [-0.1, -0.05) is 17.3 Å². The number of rotatable bonds is 1. The number of benzene rings is 1. The van der Waals surface area contributed by atoms with Gasteiger partial charge < -0.3 is 9.94 Å². The predicted octanol–water partition coefficient (Wildman–Crippen LogP) is 1.27. The highest BCUT2D eigenvalue weighted by Gasteiger charge is 2.18. The van der Waals surface area contributed by atoms with Gasteiger partial charge in [-0.25, -0.2) is 4.39 Å². The molecule has 0 amide bonds. The van der Waals surface area contributed by atoms with Gasteiger partial charge in [-0.2, -0.15) is 0 Å². The minimum atomic E-state index is -0.861. The molecule has 13 heavy (non-hydrogen) atoms. The molecule has 0 spiro atoms. The number of aliphatic hydroxyl groups is 1. The Balaban J connectivity index is 2.22. The zero-order valence-electron chi connectivity index (χ0n) is 6.77. The van der Waals surface area contributed by atoms with Gasteiger partial charge in [-0.3, -0.25) is 0 Å². The van der Waals surface area contributed by atoms with Crippen molar-refractivity contribution in [3.8, 4) is 0 Å². The molecule has 4 heteroatoms. The van der Waals surface area contributed by atoms with Crippen molar-refractivity contribution >= 4 is 5.71 Å². The zero-order valence-corrected chi connectivity index (χ0v) is 6.77. The Morgan fingerprint density at radius 1 is 1.38 bits per heavy atom. The highest BCUT2D eigenvalue weighted by molar-refractivity contribution is 6.01. The van der Waals surface area contributed by atoms with E-state index >= 15 is 0 Å². The standard InChI is InChI=1S/C9H8FNO2/c10-7-3-1-6(2-4-7)8-5-9(12)13-11-8/h1-4,9,12H,5H2. The third-order valence-electron chi connectivity index (χ3n) is 1.83. The first-order valence-corrected chi connectivity index (χ1v) is 3.92. The van der Waals surface area contributed by atoms with E-state index in [1.54, 1.807) is 12.1 Å². The van der Waals surface area contributed by atoms with E-state index < -0.39 is 6.29 Å². The molecule has 0 saturated heterocycles. The second-order valence-corrected chi connectivity index (χ2v) is 2.81. The van der Waals surface area contributed by atoms with Crippen LogP contribution in [0.4, 0.5) is 4.39 Å². The van der Waals surface area contributed by atoms with E-state index in [0.29, 0.717) is 12.1 Å². The lowest BCUT2D eigenvalue weighted by Crippen LogP contribution is -2.06. The third kappa shape index (κ3) is 1.67. The summed E-state index contributed by atoms with van der Waals surface area (Å²) in [6.45, 7) is 0. The second kappa shape index (κ2) is 3.14. The molecule has 0 saturated carbocycles. The molecule has 1 aliphatic rings. The van der Waals surface area contributed by atoms with E-state index in [1.165, 1.54) is 12.1 Å². The van der Waals surface area contributed by atoms with Crippen molar-refractivity contribution in [2.45, 2.75) is 12.7 Å². The third-order valence-corrected chi connectivity index (χ3v) is 1.83. The van der Waals surface area contributed by atoms with Gasteiger partial charge >= 0.3 is 0 Å². The minimum absolute atomic E-state index is 0.288. The van der Waals surface area contributed by atoms with Gasteiger partial charge in [0.1, 0.15) is 5.82 Å². The maximum atomic E-state index is 12.5. The molecule has 1 unspecified atom stereocenters. The molecule has 0 fully saturated rings. The summed E-state index contributed by atoms with van der Waals surface area (Å²) in [5.74, 6) is -0.288. The first kappa shape index (κ1) is 8.19. The maximum absolute atomic E-state index is 12.5. The lowest BCUT2D eigenvalue weighted by Gasteiger charge is -1.97. The fourth-order valence-corrected chi connectivity index (χ4v) is 1.18. The lowest BCUT2D eigenvalue weighted by molar-refractivity contribution is -0.0762. The predicted molar refractivity (Wildman–Crippen MR) is 44.6 cm³/mol. The fourth-order valence-electron chi connectivity index (χ4n) is 1.18. The van der Waals surface area contributed by atoms with Gasteiger partial charge in [0, 0.05) is 0 Å². The summed E-state index contributed by atoms with van der Waals surface area (Å²) in [6, 6.07) is 5.91. The van der Waals surface area contributed by atoms with Crippen molar-refractivity contribution in [2.24, 2.45) is 5.16 Å². The van der Waals surface area contributed by atoms with Crippen LogP contribution < -0.4 is 0 Å². The van der Waals surface area contributed by atoms with Crippen LogP contribution in [-0.2, 0) is 4.84 Å². The van der Waals surface area contributed by atoms with Crippen molar-refractivity contribution in [3.63, 3.8) is 0 Å². The van der Waals surface area contributed by atoms with Gasteiger partial charge in [0.05, 0.1) is 12.1 Å². The van der Waals surface area contributed by atoms with Crippen molar-refractivity contribution in [3.05, 3.63) is 35.6 Å². The second-order valence-electron chi connectivity index (χ2n) is 2.81. The summed E-state index contributed by atoms with van der Waals surface area (Å²) in [4.78, 5) is 4.60. The van der Waals surface area contributed by atoms with Crippen LogP contribution in [0.2, 0.25) is 0 Å². The van der Waals surface area contributed by atoms with Crippen LogP contribution in [0.1, 0.15) is 12.0 Å². The highest BCUT2D eigenvalue weighted by Crippen LogP contribution is 2.14. The number of oxime groups is 1. The van der Waals surface area contributed by atoms with Crippen LogP contribution in [0, 0.1) is 5.82 Å². The topological polar surface area (TPSA) is 41.8 Å². The summed E-state index contributed by atoms with van der Waals surface area (Å²) in [5.41, 5.74) is 1.42. The van der Waals surface area contributed by atoms with E-state index in [9.17, 15) is 4.39 Å². The molecular weight excluding hydrogens is 173 g/mol. The quantitative estimate of drug-likeness (QED) is 0.708. The van der Waals surface area contributed by atoms with Crippen molar-refractivity contribution in [1.29, 1.82) is 0 Å².